The molecule has 3 aromatic rings. The lowest BCUT2D eigenvalue weighted by Crippen LogP contribution is -2.05. The van der Waals surface area contributed by atoms with Crippen molar-refractivity contribution in [2.45, 2.75) is 20.4 Å². The van der Waals surface area contributed by atoms with Gasteiger partial charge < -0.3 is 14.6 Å². The molecule has 0 fully saturated rings. The molecule has 21 heavy (non-hydrogen) atoms. The zero-order chi connectivity index (χ0) is 14.8. The van der Waals surface area contributed by atoms with Gasteiger partial charge in [0.1, 0.15) is 0 Å². The number of aromatic nitrogens is 4. The molecule has 108 valence electrons. The van der Waals surface area contributed by atoms with E-state index in [1.807, 2.05) is 19.9 Å². The van der Waals surface area contributed by atoms with Crippen molar-refractivity contribution in [2.75, 3.05) is 12.4 Å². The molecule has 3 aromatic heterocycles. The average molecular weight is 285 g/mol. The predicted octanol–water partition coefficient (Wildman–Crippen LogP) is 2.25. The highest BCUT2D eigenvalue weighted by molar-refractivity contribution is 5.90. The number of hydrogen-bond donors (Lipinski definition) is 1. The van der Waals surface area contributed by atoms with E-state index in [4.69, 9.17) is 9.26 Å². The van der Waals surface area contributed by atoms with Crippen LogP contribution >= 0.6 is 0 Å². The first kappa shape index (κ1) is 13.3. The number of anilines is 1. The number of fused-ring (bicyclic) bond motifs is 1. The maximum atomic E-state index is 5.21. The molecule has 0 aliphatic heterocycles. The number of rotatable bonds is 4. The number of nitrogens with zero attached hydrogens (tertiary/aromatic N) is 4. The predicted molar refractivity (Wildman–Crippen MR) is 77.2 cm³/mol. The van der Waals surface area contributed by atoms with Gasteiger partial charge in [0.2, 0.25) is 5.88 Å². The molecule has 0 saturated carbocycles. The van der Waals surface area contributed by atoms with E-state index in [0.717, 1.165) is 22.5 Å². The molecule has 0 saturated heterocycles. The summed E-state index contributed by atoms with van der Waals surface area (Å²) in [5.41, 5.74) is 3.09. The van der Waals surface area contributed by atoms with Gasteiger partial charge in [-0.1, -0.05) is 5.16 Å². The summed E-state index contributed by atoms with van der Waals surface area (Å²) in [7, 11) is 1.58. The summed E-state index contributed by atoms with van der Waals surface area (Å²) in [6, 6.07) is 3.66. The van der Waals surface area contributed by atoms with Crippen molar-refractivity contribution in [1.29, 1.82) is 0 Å². The van der Waals surface area contributed by atoms with Crippen LogP contribution in [0.1, 0.15) is 17.2 Å². The molecule has 0 atom stereocenters. The molecule has 1 N–H and O–H groups in total. The molecule has 0 radical (unpaired) electrons. The Morgan fingerprint density at radius 1 is 1.29 bits per heavy atom. The van der Waals surface area contributed by atoms with E-state index in [1.54, 1.807) is 19.4 Å². The SMILES string of the molecule is COc1ccnc(CNc2cc(C)nc3onc(C)c23)n1. The quantitative estimate of drug-likeness (QED) is 0.786. The Morgan fingerprint density at radius 2 is 2.14 bits per heavy atom. The van der Waals surface area contributed by atoms with Gasteiger partial charge in [0.15, 0.2) is 5.82 Å². The second kappa shape index (κ2) is 5.35. The monoisotopic (exact) mass is 285 g/mol. The summed E-state index contributed by atoms with van der Waals surface area (Å²) in [6.07, 6.45) is 1.67. The number of nitrogens with one attached hydrogen (secondary N) is 1. The van der Waals surface area contributed by atoms with E-state index in [1.165, 1.54) is 0 Å². The van der Waals surface area contributed by atoms with Crippen molar-refractivity contribution in [3.63, 3.8) is 0 Å². The second-order valence-electron chi connectivity index (χ2n) is 4.63. The zero-order valence-corrected chi connectivity index (χ0v) is 12.0. The molecule has 0 spiro atoms. The number of methoxy groups -OCH3 is 1. The van der Waals surface area contributed by atoms with Gasteiger partial charge in [-0.05, 0) is 19.9 Å². The van der Waals surface area contributed by atoms with Crippen LogP contribution in [-0.4, -0.2) is 27.2 Å². The fraction of sp³-hybridized carbons (Fsp3) is 0.286. The summed E-state index contributed by atoms with van der Waals surface area (Å²) < 4.78 is 10.3. The highest BCUT2D eigenvalue weighted by atomic mass is 16.5. The minimum atomic E-state index is 0.473. The van der Waals surface area contributed by atoms with Crippen LogP contribution in [0.15, 0.2) is 22.9 Å². The van der Waals surface area contributed by atoms with Gasteiger partial charge in [-0.3, -0.25) is 0 Å². The van der Waals surface area contributed by atoms with E-state index < -0.39 is 0 Å². The first-order chi connectivity index (χ1) is 10.2. The first-order valence-corrected chi connectivity index (χ1v) is 6.51. The van der Waals surface area contributed by atoms with E-state index in [-0.39, 0.29) is 0 Å². The van der Waals surface area contributed by atoms with Crippen molar-refractivity contribution >= 4 is 16.8 Å². The summed E-state index contributed by atoms with van der Waals surface area (Å²) in [6.45, 7) is 4.26. The number of ether oxygens (including phenoxy) is 1. The van der Waals surface area contributed by atoms with Gasteiger partial charge in [0.25, 0.3) is 5.71 Å². The lowest BCUT2D eigenvalue weighted by molar-refractivity contribution is 0.395. The van der Waals surface area contributed by atoms with Gasteiger partial charge >= 0.3 is 0 Å². The maximum Gasteiger partial charge on any atom is 0.260 e. The molecule has 7 heteroatoms. The van der Waals surface area contributed by atoms with Gasteiger partial charge in [0.05, 0.1) is 30.4 Å². The highest BCUT2D eigenvalue weighted by Gasteiger charge is 2.12. The minimum absolute atomic E-state index is 0.473. The molecule has 0 unspecified atom stereocenters. The minimum Gasteiger partial charge on any atom is -0.481 e. The van der Waals surface area contributed by atoms with Gasteiger partial charge in [-0.25, -0.2) is 9.97 Å². The Balaban J connectivity index is 1.89. The van der Waals surface area contributed by atoms with E-state index in [9.17, 15) is 0 Å². The Morgan fingerprint density at radius 3 is 2.95 bits per heavy atom. The van der Waals surface area contributed by atoms with Crippen LogP contribution in [0.25, 0.3) is 11.1 Å². The smallest absolute Gasteiger partial charge is 0.260 e. The number of aryl methyl sites for hydroxylation is 2. The van der Waals surface area contributed by atoms with Gasteiger partial charge in [-0.15, -0.1) is 0 Å². The van der Waals surface area contributed by atoms with E-state index in [0.29, 0.717) is 24.0 Å². The average Bonchev–Trinajstić information content (AvgIpc) is 2.86. The van der Waals surface area contributed by atoms with Crippen molar-refractivity contribution in [2.24, 2.45) is 0 Å². The summed E-state index contributed by atoms with van der Waals surface area (Å²) in [5, 5.41) is 8.13. The fourth-order valence-corrected chi connectivity index (χ4v) is 2.11. The largest absolute Gasteiger partial charge is 0.481 e. The molecule has 0 bridgehead atoms. The third-order valence-corrected chi connectivity index (χ3v) is 3.07. The van der Waals surface area contributed by atoms with Crippen molar-refractivity contribution < 1.29 is 9.26 Å². The third kappa shape index (κ3) is 2.62. The molecule has 3 heterocycles. The van der Waals surface area contributed by atoms with Crippen LogP contribution in [0.3, 0.4) is 0 Å². The topological polar surface area (TPSA) is 86.0 Å². The van der Waals surface area contributed by atoms with Crippen LogP contribution in [-0.2, 0) is 6.54 Å². The second-order valence-corrected chi connectivity index (χ2v) is 4.63. The fourth-order valence-electron chi connectivity index (χ4n) is 2.11. The molecule has 0 amide bonds. The Bertz CT molecular complexity index is 784. The molecule has 0 aliphatic carbocycles. The zero-order valence-electron chi connectivity index (χ0n) is 12.0. The Kier molecular flexibility index (Phi) is 3.39. The van der Waals surface area contributed by atoms with Crippen molar-refractivity contribution in [3.8, 4) is 5.88 Å². The summed E-state index contributed by atoms with van der Waals surface area (Å²) in [5.74, 6) is 1.19. The maximum absolute atomic E-state index is 5.21. The van der Waals surface area contributed by atoms with E-state index >= 15 is 0 Å². The molecular weight excluding hydrogens is 270 g/mol. The molecule has 0 aromatic carbocycles. The van der Waals surface area contributed by atoms with Crippen LogP contribution in [0, 0.1) is 13.8 Å². The lowest BCUT2D eigenvalue weighted by atomic mass is 10.2. The van der Waals surface area contributed by atoms with Gasteiger partial charge in [-0.2, -0.15) is 4.98 Å². The standard InChI is InChI=1S/C14H15N5O2/c1-8-6-10(13-9(2)19-21-14(13)17-8)16-7-11-15-5-4-12(18-11)20-3/h4-6H,7H2,1-3H3,(H,16,17). The van der Waals surface area contributed by atoms with Crippen LogP contribution in [0.5, 0.6) is 5.88 Å². The molecule has 3 rings (SSSR count). The highest BCUT2D eigenvalue weighted by Crippen LogP contribution is 2.26. The third-order valence-electron chi connectivity index (χ3n) is 3.07. The first-order valence-electron chi connectivity index (χ1n) is 6.51. The normalized spacial score (nSPS) is 10.8. The van der Waals surface area contributed by atoms with Crippen LogP contribution in [0.2, 0.25) is 0 Å². The molecule has 7 nitrogen and oxygen atoms in total. The molecule has 0 aliphatic rings. The number of hydrogen-bond acceptors (Lipinski definition) is 7. The van der Waals surface area contributed by atoms with E-state index in [2.05, 4.69) is 25.4 Å². The Labute approximate surface area is 121 Å². The Hall–Kier alpha value is -2.70. The summed E-state index contributed by atoms with van der Waals surface area (Å²) >= 11 is 0. The van der Waals surface area contributed by atoms with Crippen molar-refractivity contribution in [1.82, 2.24) is 20.1 Å². The van der Waals surface area contributed by atoms with Crippen molar-refractivity contribution in [3.05, 3.63) is 35.5 Å². The lowest BCUT2D eigenvalue weighted by Gasteiger charge is -2.08. The molecular formula is C14H15N5O2. The number of pyridine rings is 1. The van der Waals surface area contributed by atoms with Crippen LogP contribution in [0.4, 0.5) is 5.69 Å². The van der Waals surface area contributed by atoms with Gasteiger partial charge in [0, 0.05) is 18.0 Å². The van der Waals surface area contributed by atoms with Crippen LogP contribution < -0.4 is 10.1 Å². The summed E-state index contributed by atoms with van der Waals surface area (Å²) in [4.78, 5) is 12.8.